The first kappa shape index (κ1) is 9.99. The molecule has 3 rings (SSSR count). The highest BCUT2D eigenvalue weighted by atomic mass is 16.3. The molecule has 4 nitrogen and oxygen atoms in total. The van der Waals surface area contributed by atoms with Crippen molar-refractivity contribution in [3.05, 3.63) is 60.3 Å². The lowest BCUT2D eigenvalue weighted by molar-refractivity contribution is 0.215. The maximum atomic E-state index is 10.2. The lowest BCUT2D eigenvalue weighted by atomic mass is 10.0. The van der Waals surface area contributed by atoms with E-state index < -0.39 is 6.10 Å². The molecule has 0 bridgehead atoms. The van der Waals surface area contributed by atoms with Gasteiger partial charge in [-0.3, -0.25) is 0 Å². The fourth-order valence-electron chi connectivity index (χ4n) is 1.88. The Morgan fingerprint density at radius 1 is 1.18 bits per heavy atom. The minimum atomic E-state index is -0.711. The summed E-state index contributed by atoms with van der Waals surface area (Å²) in [5.41, 5.74) is 2.49. The van der Waals surface area contributed by atoms with Gasteiger partial charge in [0.2, 0.25) is 0 Å². The Kier molecular flexibility index (Phi) is 2.34. The van der Waals surface area contributed by atoms with E-state index in [1.54, 1.807) is 12.3 Å². The van der Waals surface area contributed by atoms with Crippen LogP contribution in [-0.2, 0) is 0 Å². The zero-order valence-electron chi connectivity index (χ0n) is 9.04. The average molecular weight is 225 g/mol. The second kappa shape index (κ2) is 3.99. The fourth-order valence-corrected chi connectivity index (χ4v) is 1.88. The molecule has 0 aliphatic carbocycles. The van der Waals surface area contributed by atoms with Gasteiger partial charge in [0.15, 0.2) is 0 Å². The van der Waals surface area contributed by atoms with Gasteiger partial charge >= 0.3 is 0 Å². The molecule has 1 unspecified atom stereocenters. The minimum absolute atomic E-state index is 0.606. The summed E-state index contributed by atoms with van der Waals surface area (Å²) in [6.45, 7) is 0. The van der Waals surface area contributed by atoms with Gasteiger partial charge in [-0.2, -0.15) is 0 Å². The summed E-state index contributed by atoms with van der Waals surface area (Å²) in [5, 5.41) is 11.3. The number of hydrogen-bond donors (Lipinski definition) is 2. The molecule has 0 amide bonds. The summed E-state index contributed by atoms with van der Waals surface area (Å²) in [4.78, 5) is 11.0. The first-order valence-corrected chi connectivity index (χ1v) is 5.35. The van der Waals surface area contributed by atoms with Gasteiger partial charge in [-0.05, 0) is 35.2 Å². The number of nitrogens with zero attached hydrogens (tertiary/aromatic N) is 2. The highest BCUT2D eigenvalue weighted by molar-refractivity contribution is 5.80. The molecule has 0 aliphatic rings. The lowest BCUT2D eigenvalue weighted by Gasteiger charge is -2.09. The van der Waals surface area contributed by atoms with Gasteiger partial charge in [0.1, 0.15) is 12.4 Å². The van der Waals surface area contributed by atoms with Crippen molar-refractivity contribution in [2.75, 3.05) is 0 Å². The van der Waals surface area contributed by atoms with Crippen LogP contribution in [0.25, 0.3) is 10.9 Å². The molecule has 0 fully saturated rings. The van der Waals surface area contributed by atoms with E-state index in [-0.39, 0.29) is 0 Å². The smallest absolute Gasteiger partial charge is 0.121 e. The third-order valence-electron chi connectivity index (χ3n) is 2.78. The summed E-state index contributed by atoms with van der Waals surface area (Å²) >= 11 is 0. The van der Waals surface area contributed by atoms with Crippen LogP contribution >= 0.6 is 0 Å². The first-order valence-electron chi connectivity index (χ1n) is 5.35. The van der Waals surface area contributed by atoms with Gasteiger partial charge in [0, 0.05) is 17.9 Å². The predicted molar refractivity (Wildman–Crippen MR) is 64.4 cm³/mol. The van der Waals surface area contributed by atoms with E-state index in [0.29, 0.717) is 5.69 Å². The number of benzene rings is 1. The minimum Gasteiger partial charge on any atom is -0.382 e. The maximum absolute atomic E-state index is 10.2. The van der Waals surface area contributed by atoms with Crippen LogP contribution < -0.4 is 0 Å². The molecule has 1 atom stereocenters. The molecule has 0 radical (unpaired) electrons. The second-order valence-electron chi connectivity index (χ2n) is 3.86. The Hall–Kier alpha value is -2.20. The summed E-state index contributed by atoms with van der Waals surface area (Å²) in [7, 11) is 0. The Balaban J connectivity index is 2.03. The Morgan fingerprint density at radius 2 is 2.12 bits per heavy atom. The summed E-state index contributed by atoms with van der Waals surface area (Å²) in [5.74, 6) is 0. The van der Waals surface area contributed by atoms with Crippen molar-refractivity contribution in [1.29, 1.82) is 0 Å². The van der Waals surface area contributed by atoms with Crippen LogP contribution in [0.1, 0.15) is 17.4 Å². The van der Waals surface area contributed by atoms with Crippen molar-refractivity contribution in [3.8, 4) is 0 Å². The molecule has 0 saturated carbocycles. The number of aliphatic hydroxyl groups is 1. The van der Waals surface area contributed by atoms with Crippen molar-refractivity contribution in [2.24, 2.45) is 0 Å². The molecule has 4 heteroatoms. The topological polar surface area (TPSA) is 61.8 Å². The number of hydrogen-bond acceptors (Lipinski definition) is 3. The molecule has 84 valence electrons. The number of H-pyrrole nitrogens is 1. The number of rotatable bonds is 2. The van der Waals surface area contributed by atoms with E-state index in [2.05, 4.69) is 15.0 Å². The second-order valence-corrected chi connectivity index (χ2v) is 3.86. The van der Waals surface area contributed by atoms with Crippen LogP contribution in [0.2, 0.25) is 0 Å². The Labute approximate surface area is 98.0 Å². The van der Waals surface area contributed by atoms with Crippen LogP contribution in [0.5, 0.6) is 0 Å². The zero-order chi connectivity index (χ0) is 11.7. The van der Waals surface area contributed by atoms with Crippen LogP contribution in [0.3, 0.4) is 0 Å². The molecule has 0 aliphatic heterocycles. The maximum Gasteiger partial charge on any atom is 0.121 e. The van der Waals surface area contributed by atoms with Crippen molar-refractivity contribution in [3.63, 3.8) is 0 Å². The number of aromatic amines is 1. The van der Waals surface area contributed by atoms with Crippen molar-refractivity contribution in [2.45, 2.75) is 6.10 Å². The molecule has 17 heavy (non-hydrogen) atoms. The van der Waals surface area contributed by atoms with Gasteiger partial charge in [0.05, 0.1) is 5.69 Å². The van der Waals surface area contributed by atoms with E-state index in [1.807, 2.05) is 30.5 Å². The highest BCUT2D eigenvalue weighted by Gasteiger charge is 2.11. The van der Waals surface area contributed by atoms with Crippen LogP contribution in [0, 0.1) is 0 Å². The zero-order valence-corrected chi connectivity index (χ0v) is 9.04. The standard InChI is InChI=1S/C13H11N3O/c17-13(12-4-5-14-8-16-12)10-1-2-11-9(7-10)3-6-15-11/h1-8,13,15,17H. The lowest BCUT2D eigenvalue weighted by Crippen LogP contribution is -2.02. The average Bonchev–Trinajstić information content (AvgIpc) is 2.86. The molecule has 0 spiro atoms. The predicted octanol–water partition coefficient (Wildman–Crippen LogP) is 2.04. The van der Waals surface area contributed by atoms with Gasteiger partial charge in [-0.15, -0.1) is 0 Å². The molecule has 2 heterocycles. The monoisotopic (exact) mass is 225 g/mol. The van der Waals surface area contributed by atoms with Gasteiger partial charge in [-0.1, -0.05) is 6.07 Å². The van der Waals surface area contributed by atoms with Crippen LogP contribution in [-0.4, -0.2) is 20.1 Å². The van der Waals surface area contributed by atoms with Crippen molar-refractivity contribution >= 4 is 10.9 Å². The van der Waals surface area contributed by atoms with E-state index in [1.165, 1.54) is 6.33 Å². The normalized spacial score (nSPS) is 12.8. The number of aliphatic hydroxyl groups excluding tert-OH is 1. The van der Waals surface area contributed by atoms with E-state index >= 15 is 0 Å². The summed E-state index contributed by atoms with van der Waals surface area (Å²) in [6, 6.07) is 9.50. The highest BCUT2D eigenvalue weighted by Crippen LogP contribution is 2.23. The van der Waals surface area contributed by atoms with Crippen LogP contribution in [0.4, 0.5) is 0 Å². The largest absolute Gasteiger partial charge is 0.382 e. The first-order chi connectivity index (χ1) is 8.34. The molecular weight excluding hydrogens is 214 g/mol. The van der Waals surface area contributed by atoms with E-state index in [9.17, 15) is 5.11 Å². The number of nitrogens with one attached hydrogen (secondary N) is 1. The molecule has 3 aromatic rings. The Morgan fingerprint density at radius 3 is 2.94 bits per heavy atom. The van der Waals surface area contributed by atoms with E-state index in [0.717, 1.165) is 16.5 Å². The van der Waals surface area contributed by atoms with Crippen molar-refractivity contribution < 1.29 is 5.11 Å². The van der Waals surface area contributed by atoms with Crippen molar-refractivity contribution in [1.82, 2.24) is 15.0 Å². The van der Waals surface area contributed by atoms with Gasteiger partial charge < -0.3 is 10.1 Å². The quantitative estimate of drug-likeness (QED) is 0.701. The third kappa shape index (κ3) is 1.79. The molecule has 1 aromatic carbocycles. The molecule has 2 N–H and O–H groups in total. The number of aromatic nitrogens is 3. The number of fused-ring (bicyclic) bond motifs is 1. The summed E-state index contributed by atoms with van der Waals surface area (Å²) < 4.78 is 0. The molecule has 0 saturated heterocycles. The van der Waals surface area contributed by atoms with Gasteiger partial charge in [-0.25, -0.2) is 9.97 Å². The molecule has 2 aromatic heterocycles. The third-order valence-corrected chi connectivity index (χ3v) is 2.78. The van der Waals surface area contributed by atoms with Gasteiger partial charge in [0.25, 0.3) is 0 Å². The van der Waals surface area contributed by atoms with Crippen LogP contribution in [0.15, 0.2) is 49.1 Å². The van der Waals surface area contributed by atoms with E-state index in [4.69, 9.17) is 0 Å². The fraction of sp³-hybridized carbons (Fsp3) is 0.0769. The molecular formula is C13H11N3O. The summed E-state index contributed by atoms with van der Waals surface area (Å²) in [6.07, 6.45) is 4.23. The Bertz CT molecular complexity index is 633. The SMILES string of the molecule is OC(c1ccc2[nH]ccc2c1)c1ccncn1.